The van der Waals surface area contributed by atoms with Gasteiger partial charge < -0.3 is 19.3 Å². The number of carbonyl (C=O) groups is 1. The van der Waals surface area contributed by atoms with Gasteiger partial charge in [-0.2, -0.15) is 5.10 Å². The lowest BCUT2D eigenvalue weighted by atomic mass is 10.1. The summed E-state index contributed by atoms with van der Waals surface area (Å²) in [6.45, 7) is 1.31. The molecule has 21 heavy (non-hydrogen) atoms. The molecule has 0 saturated heterocycles. The molecule has 110 valence electrons. The Morgan fingerprint density at radius 2 is 2.14 bits per heavy atom. The number of nitrogens with zero attached hydrogens (tertiary/aromatic N) is 1. The number of carboxylic acid groups (broad SMARTS) is 1. The molecule has 0 saturated carbocycles. The molecule has 3 rings (SSSR count). The Hall–Kier alpha value is -2.54. The first-order chi connectivity index (χ1) is 10.2. The first-order valence-corrected chi connectivity index (χ1v) is 6.40. The number of aromatic carboxylic acids is 1. The fourth-order valence-corrected chi connectivity index (χ4v) is 2.23. The standard InChI is InChI=1S/C14H14N2O5/c1-19-7-8-2-3-9(13-12(8)20-4-5-21-13)10-6-11(14(17)18)16-15-10/h2-3,6H,4-5,7H2,1H3,(H,15,16)(H,17,18). The van der Waals surface area contributed by atoms with E-state index in [9.17, 15) is 4.79 Å². The van der Waals surface area contributed by atoms with Crippen LogP contribution in [0.3, 0.4) is 0 Å². The van der Waals surface area contributed by atoms with Crippen molar-refractivity contribution in [3.8, 4) is 22.8 Å². The lowest BCUT2D eigenvalue weighted by Gasteiger charge is -2.23. The average molecular weight is 290 g/mol. The molecule has 1 aromatic heterocycles. The van der Waals surface area contributed by atoms with Crippen LogP contribution >= 0.6 is 0 Å². The predicted octanol–water partition coefficient (Wildman–Crippen LogP) is 1.69. The number of fused-ring (bicyclic) bond motifs is 1. The predicted molar refractivity (Wildman–Crippen MR) is 72.7 cm³/mol. The Morgan fingerprint density at radius 1 is 1.38 bits per heavy atom. The summed E-state index contributed by atoms with van der Waals surface area (Å²) in [4.78, 5) is 10.9. The number of nitrogens with one attached hydrogen (secondary N) is 1. The highest BCUT2D eigenvalue weighted by Gasteiger charge is 2.22. The van der Waals surface area contributed by atoms with Gasteiger partial charge in [0.25, 0.3) is 0 Å². The van der Waals surface area contributed by atoms with Gasteiger partial charge in [0.15, 0.2) is 11.5 Å². The van der Waals surface area contributed by atoms with Gasteiger partial charge in [-0.25, -0.2) is 4.79 Å². The number of methoxy groups -OCH3 is 1. The van der Waals surface area contributed by atoms with E-state index in [2.05, 4.69) is 10.2 Å². The zero-order valence-corrected chi connectivity index (χ0v) is 11.4. The molecule has 0 fully saturated rings. The summed E-state index contributed by atoms with van der Waals surface area (Å²) < 4.78 is 16.5. The largest absolute Gasteiger partial charge is 0.486 e. The minimum absolute atomic E-state index is 0.0245. The second-order valence-corrected chi connectivity index (χ2v) is 4.53. The minimum atomic E-state index is -1.06. The van der Waals surface area contributed by atoms with Crippen molar-refractivity contribution < 1.29 is 24.1 Å². The summed E-state index contributed by atoms with van der Waals surface area (Å²) in [7, 11) is 1.61. The van der Waals surface area contributed by atoms with Crippen LogP contribution in [-0.4, -0.2) is 41.6 Å². The van der Waals surface area contributed by atoms with Crippen LogP contribution in [0.5, 0.6) is 11.5 Å². The fourth-order valence-electron chi connectivity index (χ4n) is 2.23. The van der Waals surface area contributed by atoms with E-state index >= 15 is 0 Å². The fraction of sp³-hybridized carbons (Fsp3) is 0.286. The van der Waals surface area contributed by atoms with Gasteiger partial charge in [0, 0.05) is 18.2 Å². The van der Waals surface area contributed by atoms with E-state index in [1.807, 2.05) is 12.1 Å². The highest BCUT2D eigenvalue weighted by atomic mass is 16.6. The van der Waals surface area contributed by atoms with Crippen molar-refractivity contribution in [2.24, 2.45) is 0 Å². The minimum Gasteiger partial charge on any atom is -0.486 e. The molecule has 1 aliphatic heterocycles. The number of carboxylic acids is 1. The van der Waals surface area contributed by atoms with Crippen molar-refractivity contribution in [3.05, 3.63) is 29.5 Å². The number of ether oxygens (including phenoxy) is 3. The van der Waals surface area contributed by atoms with Crippen LogP contribution in [0.15, 0.2) is 18.2 Å². The summed E-state index contributed by atoms with van der Waals surface area (Å²) in [5.41, 5.74) is 2.09. The number of rotatable bonds is 4. The maximum absolute atomic E-state index is 10.9. The molecule has 2 heterocycles. The van der Waals surface area contributed by atoms with Crippen molar-refractivity contribution in [2.45, 2.75) is 6.61 Å². The van der Waals surface area contributed by atoms with Crippen LogP contribution in [0.2, 0.25) is 0 Å². The maximum Gasteiger partial charge on any atom is 0.353 e. The monoisotopic (exact) mass is 290 g/mol. The van der Waals surface area contributed by atoms with Crippen molar-refractivity contribution in [1.29, 1.82) is 0 Å². The molecule has 0 unspecified atom stereocenters. The summed E-state index contributed by atoms with van der Waals surface area (Å²) in [5.74, 6) is 0.135. The Kier molecular flexibility index (Phi) is 3.49. The maximum atomic E-state index is 10.9. The number of benzene rings is 1. The van der Waals surface area contributed by atoms with Gasteiger partial charge in [-0.1, -0.05) is 6.07 Å². The molecule has 7 heteroatoms. The highest BCUT2D eigenvalue weighted by molar-refractivity contribution is 5.87. The normalized spacial score (nSPS) is 13.2. The first kappa shape index (κ1) is 13.4. The molecule has 1 aliphatic rings. The van der Waals surface area contributed by atoms with E-state index in [0.29, 0.717) is 42.6 Å². The van der Waals surface area contributed by atoms with E-state index in [0.717, 1.165) is 5.56 Å². The molecular formula is C14H14N2O5. The Morgan fingerprint density at radius 3 is 2.81 bits per heavy atom. The quantitative estimate of drug-likeness (QED) is 0.890. The molecule has 0 aliphatic carbocycles. The molecule has 2 N–H and O–H groups in total. The molecule has 0 bridgehead atoms. The SMILES string of the molecule is COCc1ccc(-c2cc(C(=O)O)[nH]n2)c2c1OCCO2. The van der Waals surface area contributed by atoms with E-state index < -0.39 is 5.97 Å². The lowest BCUT2D eigenvalue weighted by Crippen LogP contribution is -2.17. The third-order valence-corrected chi connectivity index (χ3v) is 3.15. The van der Waals surface area contributed by atoms with Crippen LogP contribution in [0.25, 0.3) is 11.3 Å². The lowest BCUT2D eigenvalue weighted by molar-refractivity contribution is 0.0690. The molecule has 7 nitrogen and oxygen atoms in total. The summed E-state index contributed by atoms with van der Waals surface area (Å²) >= 11 is 0. The molecule has 0 radical (unpaired) electrons. The molecular weight excluding hydrogens is 276 g/mol. The average Bonchev–Trinajstić information content (AvgIpc) is 2.98. The molecule has 0 atom stereocenters. The number of hydrogen-bond acceptors (Lipinski definition) is 5. The van der Waals surface area contributed by atoms with E-state index in [-0.39, 0.29) is 5.69 Å². The zero-order valence-electron chi connectivity index (χ0n) is 11.4. The van der Waals surface area contributed by atoms with Crippen molar-refractivity contribution in [1.82, 2.24) is 10.2 Å². The number of aromatic nitrogens is 2. The Bertz CT molecular complexity index is 680. The van der Waals surface area contributed by atoms with Crippen LogP contribution in [-0.2, 0) is 11.3 Å². The van der Waals surface area contributed by atoms with Crippen LogP contribution in [0.4, 0.5) is 0 Å². The van der Waals surface area contributed by atoms with Gasteiger partial charge >= 0.3 is 5.97 Å². The van der Waals surface area contributed by atoms with E-state index in [4.69, 9.17) is 19.3 Å². The van der Waals surface area contributed by atoms with Crippen LogP contribution < -0.4 is 9.47 Å². The second kappa shape index (κ2) is 5.45. The molecule has 0 spiro atoms. The van der Waals surface area contributed by atoms with Gasteiger partial charge in [-0.3, -0.25) is 5.10 Å². The van der Waals surface area contributed by atoms with Gasteiger partial charge in [0.05, 0.1) is 12.3 Å². The summed E-state index contributed by atoms with van der Waals surface area (Å²) in [6.07, 6.45) is 0. The second-order valence-electron chi connectivity index (χ2n) is 4.53. The Balaban J connectivity index is 2.07. The van der Waals surface area contributed by atoms with Gasteiger partial charge in [-0.05, 0) is 12.1 Å². The summed E-state index contributed by atoms with van der Waals surface area (Å²) in [6, 6.07) is 5.15. The van der Waals surface area contributed by atoms with Crippen molar-refractivity contribution in [3.63, 3.8) is 0 Å². The van der Waals surface area contributed by atoms with Gasteiger partial charge in [-0.15, -0.1) is 0 Å². The molecule has 1 aromatic carbocycles. The number of hydrogen-bond donors (Lipinski definition) is 2. The number of aromatic amines is 1. The highest BCUT2D eigenvalue weighted by Crippen LogP contribution is 2.42. The van der Waals surface area contributed by atoms with Gasteiger partial charge in [0.1, 0.15) is 18.9 Å². The molecule has 0 amide bonds. The topological polar surface area (TPSA) is 93.7 Å². The zero-order chi connectivity index (χ0) is 14.8. The van der Waals surface area contributed by atoms with Gasteiger partial charge in [0.2, 0.25) is 0 Å². The van der Waals surface area contributed by atoms with E-state index in [1.54, 1.807) is 7.11 Å². The third kappa shape index (κ3) is 2.43. The summed E-state index contributed by atoms with van der Waals surface area (Å²) in [5, 5.41) is 15.5. The first-order valence-electron chi connectivity index (χ1n) is 6.40. The smallest absolute Gasteiger partial charge is 0.353 e. The third-order valence-electron chi connectivity index (χ3n) is 3.15. The van der Waals surface area contributed by atoms with Crippen LogP contribution in [0, 0.1) is 0 Å². The number of H-pyrrole nitrogens is 1. The molecule has 2 aromatic rings. The van der Waals surface area contributed by atoms with Crippen molar-refractivity contribution in [2.75, 3.05) is 20.3 Å². The Labute approximate surface area is 120 Å². The van der Waals surface area contributed by atoms with E-state index in [1.165, 1.54) is 6.07 Å². The van der Waals surface area contributed by atoms with Crippen molar-refractivity contribution >= 4 is 5.97 Å². The van der Waals surface area contributed by atoms with Crippen LogP contribution in [0.1, 0.15) is 16.1 Å².